The molecule has 0 spiro atoms. The molecule has 0 aliphatic heterocycles. The van der Waals surface area contributed by atoms with Crippen molar-refractivity contribution in [2.45, 2.75) is 64.8 Å². The molecule has 3 heteroatoms. The lowest BCUT2D eigenvalue weighted by atomic mass is 10.1. The Morgan fingerprint density at radius 2 is 1.62 bits per heavy atom. The molecule has 0 aliphatic carbocycles. The summed E-state index contributed by atoms with van der Waals surface area (Å²) in [5.74, 6) is 0. The maximum Gasteiger partial charge on any atom is 0.0621 e. The van der Waals surface area contributed by atoms with E-state index in [9.17, 15) is 0 Å². The molecule has 80 valence electrons. The third kappa shape index (κ3) is 6.99. The van der Waals surface area contributed by atoms with Crippen LogP contribution in [0.15, 0.2) is 0 Å². The Morgan fingerprint density at radius 3 is 2.08 bits per heavy atom. The van der Waals surface area contributed by atoms with E-state index in [1.165, 1.54) is 25.7 Å². The van der Waals surface area contributed by atoms with E-state index in [-0.39, 0.29) is 6.04 Å². The van der Waals surface area contributed by atoms with Crippen molar-refractivity contribution < 1.29 is 10.4 Å². The third-order valence-corrected chi connectivity index (χ3v) is 2.44. The summed E-state index contributed by atoms with van der Waals surface area (Å²) in [5.41, 5.74) is 0. The average Bonchev–Trinajstić information content (AvgIpc) is 2.10. The molecule has 0 aromatic heterocycles. The van der Waals surface area contributed by atoms with Crippen molar-refractivity contribution in [3.05, 3.63) is 0 Å². The molecule has 0 saturated carbocycles. The fourth-order valence-electron chi connectivity index (χ4n) is 1.47. The molecule has 1 unspecified atom stereocenters. The van der Waals surface area contributed by atoms with Crippen LogP contribution in [0.1, 0.15) is 58.8 Å². The first-order valence-electron chi connectivity index (χ1n) is 5.39. The Kier molecular flexibility index (Phi) is 8.40. The van der Waals surface area contributed by atoms with Crippen LogP contribution >= 0.6 is 0 Å². The number of nitrogens with zero attached hydrogens (tertiary/aromatic N) is 1. The Hall–Kier alpha value is -0.120. The SMILES string of the molecule is CCCCCCCC(CC)N(O)O. The van der Waals surface area contributed by atoms with Gasteiger partial charge in [0.25, 0.3) is 0 Å². The van der Waals surface area contributed by atoms with Crippen LogP contribution in [0, 0.1) is 0 Å². The lowest BCUT2D eigenvalue weighted by Crippen LogP contribution is -2.28. The van der Waals surface area contributed by atoms with Gasteiger partial charge in [-0.25, -0.2) is 0 Å². The van der Waals surface area contributed by atoms with Gasteiger partial charge in [0.2, 0.25) is 0 Å². The first-order chi connectivity index (χ1) is 6.22. The highest BCUT2D eigenvalue weighted by Crippen LogP contribution is 2.11. The number of hydrogen-bond acceptors (Lipinski definition) is 3. The predicted molar refractivity (Wildman–Crippen MR) is 52.9 cm³/mol. The van der Waals surface area contributed by atoms with Gasteiger partial charge in [-0.05, 0) is 12.8 Å². The van der Waals surface area contributed by atoms with Crippen LogP contribution < -0.4 is 0 Å². The number of unbranched alkanes of at least 4 members (excludes halogenated alkanes) is 4. The maximum absolute atomic E-state index is 8.80. The quantitative estimate of drug-likeness (QED) is 0.455. The van der Waals surface area contributed by atoms with E-state index in [1.54, 1.807) is 0 Å². The zero-order valence-corrected chi connectivity index (χ0v) is 8.87. The van der Waals surface area contributed by atoms with Gasteiger partial charge >= 0.3 is 0 Å². The van der Waals surface area contributed by atoms with Gasteiger partial charge < -0.3 is 0 Å². The Labute approximate surface area is 81.3 Å². The highest BCUT2D eigenvalue weighted by molar-refractivity contribution is 4.58. The van der Waals surface area contributed by atoms with Gasteiger partial charge in [0.1, 0.15) is 0 Å². The molecule has 0 amide bonds. The summed E-state index contributed by atoms with van der Waals surface area (Å²) in [7, 11) is 0. The minimum absolute atomic E-state index is 0.0818. The highest BCUT2D eigenvalue weighted by atomic mass is 16.8. The monoisotopic (exact) mass is 189 g/mol. The second-order valence-corrected chi connectivity index (χ2v) is 3.59. The summed E-state index contributed by atoms with van der Waals surface area (Å²) in [5, 5.41) is 18.0. The Bertz CT molecular complexity index is 107. The van der Waals surface area contributed by atoms with Crippen molar-refractivity contribution in [3.63, 3.8) is 0 Å². The molecular formula is C10H23NO2. The van der Waals surface area contributed by atoms with Gasteiger partial charge in [-0.2, -0.15) is 0 Å². The largest absolute Gasteiger partial charge is 0.289 e. The number of hydroxylamine groups is 2. The fourth-order valence-corrected chi connectivity index (χ4v) is 1.47. The van der Waals surface area contributed by atoms with E-state index < -0.39 is 0 Å². The normalized spacial score (nSPS) is 13.6. The van der Waals surface area contributed by atoms with E-state index in [0.717, 1.165) is 19.3 Å². The zero-order chi connectivity index (χ0) is 10.1. The molecule has 0 aromatic carbocycles. The van der Waals surface area contributed by atoms with Crippen LogP contribution in [0.4, 0.5) is 0 Å². The standard InChI is InChI=1S/C10H23NO2/c1-3-5-6-7-8-9-10(4-2)11(12)13/h10,12-13H,3-9H2,1-2H3. The highest BCUT2D eigenvalue weighted by Gasteiger charge is 2.10. The van der Waals surface area contributed by atoms with Gasteiger partial charge in [0, 0.05) is 0 Å². The second-order valence-electron chi connectivity index (χ2n) is 3.59. The average molecular weight is 189 g/mol. The summed E-state index contributed by atoms with van der Waals surface area (Å²) in [6.45, 7) is 4.16. The predicted octanol–water partition coefficient (Wildman–Crippen LogP) is 3.21. The molecule has 0 radical (unpaired) electrons. The molecule has 0 bridgehead atoms. The van der Waals surface area contributed by atoms with Crippen molar-refractivity contribution in [2.75, 3.05) is 0 Å². The molecule has 13 heavy (non-hydrogen) atoms. The molecule has 0 aliphatic rings. The van der Waals surface area contributed by atoms with Crippen molar-refractivity contribution in [1.82, 2.24) is 5.23 Å². The summed E-state index contributed by atoms with van der Waals surface area (Å²) >= 11 is 0. The van der Waals surface area contributed by atoms with Gasteiger partial charge in [0.15, 0.2) is 0 Å². The van der Waals surface area contributed by atoms with E-state index in [4.69, 9.17) is 10.4 Å². The van der Waals surface area contributed by atoms with Gasteiger partial charge in [-0.15, -0.1) is 0 Å². The second kappa shape index (κ2) is 8.48. The van der Waals surface area contributed by atoms with Crippen LogP contribution in [-0.2, 0) is 0 Å². The summed E-state index contributed by atoms with van der Waals surface area (Å²) < 4.78 is 0. The third-order valence-electron chi connectivity index (χ3n) is 2.44. The molecule has 0 heterocycles. The fraction of sp³-hybridized carbons (Fsp3) is 1.00. The first kappa shape index (κ1) is 12.9. The summed E-state index contributed by atoms with van der Waals surface area (Å²) in [4.78, 5) is 0. The lowest BCUT2D eigenvalue weighted by molar-refractivity contribution is -0.333. The van der Waals surface area contributed by atoms with E-state index >= 15 is 0 Å². The molecular weight excluding hydrogens is 166 g/mol. The molecule has 0 aromatic rings. The molecule has 0 saturated heterocycles. The Morgan fingerprint density at radius 1 is 1.00 bits per heavy atom. The molecule has 2 N–H and O–H groups in total. The minimum atomic E-state index is -0.0818. The topological polar surface area (TPSA) is 43.7 Å². The van der Waals surface area contributed by atoms with Crippen molar-refractivity contribution in [1.29, 1.82) is 0 Å². The molecule has 1 atom stereocenters. The van der Waals surface area contributed by atoms with Crippen LogP contribution in [0.5, 0.6) is 0 Å². The Balaban J connectivity index is 3.28. The van der Waals surface area contributed by atoms with Crippen molar-refractivity contribution >= 4 is 0 Å². The van der Waals surface area contributed by atoms with Crippen LogP contribution in [0.25, 0.3) is 0 Å². The van der Waals surface area contributed by atoms with Crippen LogP contribution in [0.2, 0.25) is 0 Å². The van der Waals surface area contributed by atoms with Crippen molar-refractivity contribution in [3.8, 4) is 0 Å². The number of hydrogen-bond donors (Lipinski definition) is 2. The molecule has 0 rings (SSSR count). The van der Waals surface area contributed by atoms with E-state index in [0.29, 0.717) is 5.23 Å². The van der Waals surface area contributed by atoms with Gasteiger partial charge in [0.05, 0.1) is 6.04 Å². The summed E-state index contributed by atoms with van der Waals surface area (Å²) in [6, 6.07) is -0.0818. The first-order valence-corrected chi connectivity index (χ1v) is 5.39. The van der Waals surface area contributed by atoms with Gasteiger partial charge in [-0.1, -0.05) is 51.2 Å². The molecule has 0 fully saturated rings. The summed E-state index contributed by atoms with van der Waals surface area (Å²) in [6.07, 6.45) is 7.79. The van der Waals surface area contributed by atoms with Crippen molar-refractivity contribution in [2.24, 2.45) is 0 Å². The molecule has 3 nitrogen and oxygen atoms in total. The van der Waals surface area contributed by atoms with E-state index in [1.807, 2.05) is 6.92 Å². The smallest absolute Gasteiger partial charge is 0.0621 e. The zero-order valence-electron chi connectivity index (χ0n) is 8.87. The maximum atomic E-state index is 8.80. The number of rotatable bonds is 8. The van der Waals surface area contributed by atoms with Crippen LogP contribution in [0.3, 0.4) is 0 Å². The lowest BCUT2D eigenvalue weighted by Gasteiger charge is -2.18. The van der Waals surface area contributed by atoms with Gasteiger partial charge in [-0.3, -0.25) is 10.4 Å². The van der Waals surface area contributed by atoms with E-state index in [2.05, 4.69) is 6.92 Å². The minimum Gasteiger partial charge on any atom is -0.289 e. The van der Waals surface area contributed by atoms with Crippen LogP contribution in [-0.4, -0.2) is 21.7 Å².